The highest BCUT2D eigenvalue weighted by Gasteiger charge is 1.95. The number of aldehydes is 1. The minimum atomic E-state index is 0.607. The van der Waals surface area contributed by atoms with E-state index in [2.05, 4.69) is 41.1 Å². The molecule has 1 aromatic rings. The first-order valence-electron chi connectivity index (χ1n) is 3.92. The van der Waals surface area contributed by atoms with Crippen LogP contribution in [0.4, 0.5) is 0 Å². The van der Waals surface area contributed by atoms with E-state index in [1.807, 2.05) is 0 Å². The minimum Gasteiger partial charge on any atom is -0.303 e. The second-order valence-corrected chi connectivity index (χ2v) is 3.76. The van der Waals surface area contributed by atoms with E-state index in [1.54, 1.807) is 0 Å². The molecule has 0 saturated heterocycles. The van der Waals surface area contributed by atoms with Crippen LogP contribution in [0.1, 0.15) is 17.5 Å². The van der Waals surface area contributed by atoms with Crippen LogP contribution in [-0.2, 0) is 11.2 Å². The molecule has 0 aliphatic rings. The monoisotopic (exact) mass is 226 g/mol. The summed E-state index contributed by atoms with van der Waals surface area (Å²) in [7, 11) is 0. The lowest BCUT2D eigenvalue weighted by Gasteiger charge is -2.00. The second kappa shape index (κ2) is 4.41. The van der Waals surface area contributed by atoms with E-state index in [0.29, 0.717) is 6.42 Å². The Morgan fingerprint density at radius 2 is 2.17 bits per heavy atom. The summed E-state index contributed by atoms with van der Waals surface area (Å²) in [6, 6.07) is 6.22. The van der Waals surface area contributed by atoms with Crippen molar-refractivity contribution in [2.75, 3.05) is 0 Å². The fourth-order valence-corrected chi connectivity index (χ4v) is 1.84. The van der Waals surface area contributed by atoms with Crippen molar-refractivity contribution in [2.45, 2.75) is 19.8 Å². The van der Waals surface area contributed by atoms with Crippen molar-refractivity contribution in [1.29, 1.82) is 0 Å². The van der Waals surface area contributed by atoms with E-state index in [1.165, 1.54) is 11.1 Å². The standard InChI is InChI=1S/C10H11BrO/c1-8-5-9(3-2-4-12)7-10(11)6-8/h4-7H,2-3H2,1H3. The van der Waals surface area contributed by atoms with Crippen LogP contribution < -0.4 is 0 Å². The normalized spacial score (nSPS) is 9.83. The van der Waals surface area contributed by atoms with Crippen molar-refractivity contribution < 1.29 is 4.79 Å². The van der Waals surface area contributed by atoms with Crippen LogP contribution in [0.15, 0.2) is 22.7 Å². The van der Waals surface area contributed by atoms with Crippen molar-refractivity contribution in [3.63, 3.8) is 0 Å². The minimum absolute atomic E-state index is 0.607. The molecule has 0 aliphatic heterocycles. The third kappa shape index (κ3) is 2.78. The Balaban J connectivity index is 2.78. The fraction of sp³-hybridized carbons (Fsp3) is 0.300. The molecule has 0 radical (unpaired) electrons. The largest absolute Gasteiger partial charge is 0.303 e. The molecule has 0 amide bonds. The molecule has 0 aromatic heterocycles. The van der Waals surface area contributed by atoms with Gasteiger partial charge in [-0.2, -0.15) is 0 Å². The molecule has 1 nitrogen and oxygen atoms in total. The highest BCUT2D eigenvalue weighted by Crippen LogP contribution is 2.15. The number of carbonyl (C=O) groups excluding carboxylic acids is 1. The van der Waals surface area contributed by atoms with Crippen molar-refractivity contribution in [3.8, 4) is 0 Å². The van der Waals surface area contributed by atoms with Gasteiger partial charge in [0.2, 0.25) is 0 Å². The molecule has 0 unspecified atom stereocenters. The average Bonchev–Trinajstić information content (AvgIpc) is 1.99. The van der Waals surface area contributed by atoms with Crippen molar-refractivity contribution >= 4 is 22.2 Å². The summed E-state index contributed by atoms with van der Waals surface area (Å²) in [5.41, 5.74) is 2.44. The first kappa shape index (κ1) is 9.46. The maximum atomic E-state index is 10.1. The van der Waals surface area contributed by atoms with Gasteiger partial charge in [0, 0.05) is 10.9 Å². The van der Waals surface area contributed by atoms with Crippen LogP contribution in [-0.4, -0.2) is 6.29 Å². The number of carbonyl (C=O) groups is 1. The SMILES string of the molecule is Cc1cc(Br)cc(CCC=O)c1. The Hall–Kier alpha value is -0.630. The van der Waals surface area contributed by atoms with Crippen molar-refractivity contribution in [2.24, 2.45) is 0 Å². The first-order chi connectivity index (χ1) is 5.72. The van der Waals surface area contributed by atoms with Crippen LogP contribution in [0.5, 0.6) is 0 Å². The van der Waals surface area contributed by atoms with Crippen LogP contribution in [0, 0.1) is 6.92 Å². The molecule has 0 spiro atoms. The molecule has 12 heavy (non-hydrogen) atoms. The molecule has 0 N–H and O–H groups in total. The van der Waals surface area contributed by atoms with Gasteiger partial charge in [0.25, 0.3) is 0 Å². The van der Waals surface area contributed by atoms with Gasteiger partial charge in [-0.25, -0.2) is 0 Å². The molecule has 0 fully saturated rings. The van der Waals surface area contributed by atoms with E-state index in [9.17, 15) is 4.79 Å². The van der Waals surface area contributed by atoms with Crippen molar-refractivity contribution in [3.05, 3.63) is 33.8 Å². The third-order valence-electron chi connectivity index (χ3n) is 1.65. The van der Waals surface area contributed by atoms with Gasteiger partial charge in [-0.1, -0.05) is 22.0 Å². The van der Waals surface area contributed by atoms with Crippen LogP contribution in [0.2, 0.25) is 0 Å². The molecule has 0 bridgehead atoms. The maximum absolute atomic E-state index is 10.1. The summed E-state index contributed by atoms with van der Waals surface area (Å²) in [5.74, 6) is 0. The molecule has 0 atom stereocenters. The Bertz CT molecular complexity index is 261. The third-order valence-corrected chi connectivity index (χ3v) is 2.11. The predicted molar refractivity (Wildman–Crippen MR) is 53.3 cm³/mol. The number of aryl methyl sites for hydroxylation is 2. The molecular formula is C10H11BrO. The zero-order valence-corrected chi connectivity index (χ0v) is 8.60. The van der Waals surface area contributed by atoms with E-state index in [0.717, 1.165) is 17.2 Å². The van der Waals surface area contributed by atoms with Gasteiger partial charge in [0.1, 0.15) is 6.29 Å². The highest BCUT2D eigenvalue weighted by atomic mass is 79.9. The molecule has 1 aromatic carbocycles. The molecule has 1 rings (SSSR count). The predicted octanol–water partition coefficient (Wildman–Crippen LogP) is 2.89. The van der Waals surface area contributed by atoms with Gasteiger partial charge in [0.15, 0.2) is 0 Å². The van der Waals surface area contributed by atoms with Gasteiger partial charge < -0.3 is 4.79 Å². The van der Waals surface area contributed by atoms with E-state index < -0.39 is 0 Å². The first-order valence-corrected chi connectivity index (χ1v) is 4.71. The summed E-state index contributed by atoms with van der Waals surface area (Å²) in [4.78, 5) is 10.1. The van der Waals surface area contributed by atoms with E-state index in [4.69, 9.17) is 0 Å². The Morgan fingerprint density at radius 1 is 1.42 bits per heavy atom. The Kier molecular flexibility index (Phi) is 3.48. The summed E-state index contributed by atoms with van der Waals surface area (Å²) < 4.78 is 1.09. The Labute approximate surface area is 80.9 Å². The highest BCUT2D eigenvalue weighted by molar-refractivity contribution is 9.10. The van der Waals surface area contributed by atoms with Gasteiger partial charge in [0.05, 0.1) is 0 Å². The smallest absolute Gasteiger partial charge is 0.120 e. The lowest BCUT2D eigenvalue weighted by atomic mass is 10.1. The van der Waals surface area contributed by atoms with Gasteiger partial charge >= 0.3 is 0 Å². The fourth-order valence-electron chi connectivity index (χ4n) is 1.18. The number of rotatable bonds is 3. The van der Waals surface area contributed by atoms with E-state index in [-0.39, 0.29) is 0 Å². The van der Waals surface area contributed by atoms with Crippen LogP contribution >= 0.6 is 15.9 Å². The lowest BCUT2D eigenvalue weighted by Crippen LogP contribution is -1.87. The second-order valence-electron chi connectivity index (χ2n) is 2.84. The number of hydrogen-bond donors (Lipinski definition) is 0. The van der Waals surface area contributed by atoms with Gasteiger partial charge in [-0.15, -0.1) is 0 Å². The summed E-state index contributed by atoms with van der Waals surface area (Å²) in [6.45, 7) is 2.05. The van der Waals surface area contributed by atoms with Gasteiger partial charge in [-0.3, -0.25) is 0 Å². The van der Waals surface area contributed by atoms with Crippen LogP contribution in [0.3, 0.4) is 0 Å². The summed E-state index contributed by atoms with van der Waals surface area (Å²) in [6.07, 6.45) is 2.40. The van der Waals surface area contributed by atoms with Crippen LogP contribution in [0.25, 0.3) is 0 Å². The number of hydrogen-bond acceptors (Lipinski definition) is 1. The molecule has 0 heterocycles. The zero-order valence-electron chi connectivity index (χ0n) is 7.01. The maximum Gasteiger partial charge on any atom is 0.120 e. The molecule has 64 valence electrons. The Morgan fingerprint density at radius 3 is 2.75 bits per heavy atom. The lowest BCUT2D eigenvalue weighted by molar-refractivity contribution is -0.107. The summed E-state index contributed by atoms with van der Waals surface area (Å²) in [5, 5.41) is 0. The summed E-state index contributed by atoms with van der Waals surface area (Å²) >= 11 is 3.42. The number of halogens is 1. The molecule has 2 heteroatoms. The van der Waals surface area contributed by atoms with E-state index >= 15 is 0 Å². The molecule has 0 aliphatic carbocycles. The number of benzene rings is 1. The quantitative estimate of drug-likeness (QED) is 0.725. The van der Waals surface area contributed by atoms with Crippen molar-refractivity contribution in [1.82, 2.24) is 0 Å². The average molecular weight is 227 g/mol. The molecular weight excluding hydrogens is 216 g/mol. The molecule has 0 saturated carbocycles. The zero-order chi connectivity index (χ0) is 8.97. The topological polar surface area (TPSA) is 17.1 Å². The van der Waals surface area contributed by atoms with Gasteiger partial charge in [-0.05, 0) is 36.6 Å².